The molecular weight excluding hydrogens is 448 g/mol. The summed E-state index contributed by atoms with van der Waals surface area (Å²) in [6.07, 6.45) is 0. The fourth-order valence-electron chi connectivity index (χ4n) is 4.28. The number of thioether (sulfide) groups is 1. The Labute approximate surface area is 206 Å². The Bertz CT molecular complexity index is 1030. The van der Waals surface area contributed by atoms with Crippen molar-refractivity contribution in [3.63, 3.8) is 0 Å². The number of amides is 2. The molecule has 34 heavy (non-hydrogen) atoms. The van der Waals surface area contributed by atoms with E-state index in [1.165, 1.54) is 0 Å². The SMILES string of the molecule is CC(=O)N1CCN(C(=O)c2ccc(CSc3nc(C)c(C)c(N4CCN(C)CC4)n3)cc2)CC1. The highest BCUT2D eigenvalue weighted by Crippen LogP contribution is 2.27. The summed E-state index contributed by atoms with van der Waals surface area (Å²) in [7, 11) is 2.16. The summed E-state index contributed by atoms with van der Waals surface area (Å²) in [6.45, 7) is 12.1. The molecule has 2 aliphatic rings. The van der Waals surface area contributed by atoms with Crippen LogP contribution in [0.4, 0.5) is 5.82 Å². The highest BCUT2D eigenvalue weighted by Gasteiger charge is 2.23. The number of likely N-dealkylation sites (N-methyl/N-ethyl adjacent to an activating group) is 1. The second-order valence-corrected chi connectivity index (χ2v) is 10.1. The van der Waals surface area contributed by atoms with Gasteiger partial charge in [-0.05, 0) is 38.6 Å². The van der Waals surface area contributed by atoms with Crippen LogP contribution in [0.1, 0.15) is 34.1 Å². The summed E-state index contributed by atoms with van der Waals surface area (Å²) in [5.74, 6) is 1.89. The van der Waals surface area contributed by atoms with Crippen molar-refractivity contribution >= 4 is 29.4 Å². The number of hydrogen-bond donors (Lipinski definition) is 0. The molecule has 0 radical (unpaired) electrons. The number of rotatable bonds is 5. The lowest BCUT2D eigenvalue weighted by molar-refractivity contribution is -0.130. The van der Waals surface area contributed by atoms with Crippen LogP contribution in [-0.4, -0.2) is 95.9 Å². The van der Waals surface area contributed by atoms with E-state index in [0.29, 0.717) is 31.7 Å². The topological polar surface area (TPSA) is 72.9 Å². The number of carbonyl (C=O) groups excluding carboxylic acids is 2. The molecule has 3 heterocycles. The molecule has 1 aromatic heterocycles. The minimum absolute atomic E-state index is 0.0247. The van der Waals surface area contributed by atoms with Crippen molar-refractivity contribution in [2.45, 2.75) is 31.7 Å². The molecule has 0 bridgehead atoms. The van der Waals surface area contributed by atoms with Crippen LogP contribution in [-0.2, 0) is 10.5 Å². The maximum Gasteiger partial charge on any atom is 0.253 e. The van der Waals surface area contributed by atoms with Gasteiger partial charge in [0.25, 0.3) is 5.91 Å². The first-order valence-corrected chi connectivity index (χ1v) is 12.9. The van der Waals surface area contributed by atoms with Crippen molar-refractivity contribution in [3.8, 4) is 0 Å². The van der Waals surface area contributed by atoms with Crippen LogP contribution < -0.4 is 4.90 Å². The van der Waals surface area contributed by atoms with Crippen LogP contribution in [0.15, 0.2) is 29.4 Å². The van der Waals surface area contributed by atoms with Crippen molar-refractivity contribution in [1.29, 1.82) is 0 Å². The second kappa shape index (κ2) is 10.7. The zero-order valence-corrected chi connectivity index (χ0v) is 21.4. The fraction of sp³-hybridized carbons (Fsp3) is 0.520. The Morgan fingerprint density at radius 1 is 0.882 bits per heavy atom. The molecule has 2 aromatic rings. The molecule has 0 spiro atoms. The summed E-state index contributed by atoms with van der Waals surface area (Å²) < 4.78 is 0. The van der Waals surface area contributed by atoms with Gasteiger partial charge in [0.1, 0.15) is 5.82 Å². The Hall–Kier alpha value is -2.65. The molecule has 8 nitrogen and oxygen atoms in total. The summed E-state index contributed by atoms with van der Waals surface area (Å²) in [4.78, 5) is 42.3. The largest absolute Gasteiger partial charge is 0.354 e. The smallest absolute Gasteiger partial charge is 0.253 e. The molecule has 0 unspecified atom stereocenters. The van der Waals surface area contributed by atoms with Gasteiger partial charge in [0.15, 0.2) is 5.16 Å². The maximum absolute atomic E-state index is 12.8. The molecule has 0 N–H and O–H groups in total. The summed E-state index contributed by atoms with van der Waals surface area (Å²) in [6, 6.07) is 7.81. The van der Waals surface area contributed by atoms with Gasteiger partial charge in [-0.25, -0.2) is 9.97 Å². The third-order valence-corrected chi connectivity index (χ3v) is 7.65. The van der Waals surface area contributed by atoms with E-state index in [1.807, 2.05) is 29.2 Å². The predicted octanol–water partition coefficient (Wildman–Crippen LogP) is 2.44. The molecular formula is C25H34N6O2S. The van der Waals surface area contributed by atoms with Crippen LogP contribution in [0.2, 0.25) is 0 Å². The monoisotopic (exact) mass is 482 g/mol. The van der Waals surface area contributed by atoms with Gasteiger partial charge in [0, 0.05) is 81.9 Å². The first kappa shape index (κ1) is 24.5. The lowest BCUT2D eigenvalue weighted by atomic mass is 10.1. The third-order valence-electron chi connectivity index (χ3n) is 6.73. The minimum Gasteiger partial charge on any atom is -0.354 e. The summed E-state index contributed by atoms with van der Waals surface area (Å²) in [5, 5.41) is 0.792. The summed E-state index contributed by atoms with van der Waals surface area (Å²) >= 11 is 1.63. The molecule has 1 aromatic carbocycles. The number of aryl methyl sites for hydroxylation is 1. The number of aromatic nitrogens is 2. The van der Waals surface area contributed by atoms with E-state index in [1.54, 1.807) is 23.6 Å². The number of carbonyl (C=O) groups is 2. The Morgan fingerprint density at radius 2 is 1.50 bits per heavy atom. The molecule has 0 atom stereocenters. The van der Waals surface area contributed by atoms with Gasteiger partial charge in [0.2, 0.25) is 5.91 Å². The van der Waals surface area contributed by atoms with E-state index < -0.39 is 0 Å². The number of hydrogen-bond acceptors (Lipinski definition) is 7. The standard InChI is InChI=1S/C25H34N6O2S/c1-18-19(2)26-25(27-23(18)30-11-9-28(4)10-12-30)34-17-21-5-7-22(8-6-21)24(33)31-15-13-29(14-16-31)20(3)32/h5-8H,9-17H2,1-4H3. The van der Waals surface area contributed by atoms with Crippen LogP contribution in [0.5, 0.6) is 0 Å². The molecule has 2 aliphatic heterocycles. The molecule has 0 saturated carbocycles. The highest BCUT2D eigenvalue weighted by atomic mass is 32.2. The molecule has 0 aliphatic carbocycles. The zero-order chi connectivity index (χ0) is 24.2. The molecule has 4 rings (SSSR count). The molecule has 2 fully saturated rings. The minimum atomic E-state index is 0.0247. The summed E-state index contributed by atoms with van der Waals surface area (Å²) in [5.41, 5.74) is 3.99. The average molecular weight is 483 g/mol. The molecule has 2 amide bonds. The van der Waals surface area contributed by atoms with Crippen molar-refractivity contribution in [2.24, 2.45) is 0 Å². The van der Waals surface area contributed by atoms with Crippen LogP contribution >= 0.6 is 11.8 Å². The normalized spacial score (nSPS) is 17.2. The van der Waals surface area contributed by atoms with E-state index >= 15 is 0 Å². The molecule has 2 saturated heterocycles. The fourth-order valence-corrected chi connectivity index (χ4v) is 5.12. The highest BCUT2D eigenvalue weighted by molar-refractivity contribution is 7.98. The first-order valence-electron chi connectivity index (χ1n) is 11.9. The van der Waals surface area contributed by atoms with Gasteiger partial charge in [-0.3, -0.25) is 9.59 Å². The van der Waals surface area contributed by atoms with Gasteiger partial charge < -0.3 is 19.6 Å². The second-order valence-electron chi connectivity index (χ2n) is 9.11. The van der Waals surface area contributed by atoms with E-state index in [2.05, 4.69) is 30.7 Å². The quantitative estimate of drug-likeness (QED) is 0.479. The number of benzene rings is 1. The van der Waals surface area contributed by atoms with E-state index in [9.17, 15) is 9.59 Å². The Morgan fingerprint density at radius 3 is 2.12 bits per heavy atom. The van der Waals surface area contributed by atoms with Crippen LogP contribution in [0.25, 0.3) is 0 Å². The van der Waals surface area contributed by atoms with Crippen LogP contribution in [0, 0.1) is 13.8 Å². The van der Waals surface area contributed by atoms with Gasteiger partial charge in [-0.15, -0.1) is 0 Å². The van der Waals surface area contributed by atoms with E-state index in [0.717, 1.165) is 59.7 Å². The van der Waals surface area contributed by atoms with Gasteiger partial charge >= 0.3 is 0 Å². The van der Waals surface area contributed by atoms with E-state index in [-0.39, 0.29) is 11.8 Å². The van der Waals surface area contributed by atoms with Crippen molar-refractivity contribution in [3.05, 3.63) is 46.6 Å². The molecule has 182 valence electrons. The Balaban J connectivity index is 1.36. The van der Waals surface area contributed by atoms with Crippen molar-refractivity contribution in [2.75, 3.05) is 64.3 Å². The molecule has 9 heteroatoms. The zero-order valence-electron chi connectivity index (χ0n) is 20.6. The number of nitrogens with zero attached hydrogens (tertiary/aromatic N) is 6. The number of piperazine rings is 2. The third kappa shape index (κ3) is 5.70. The first-order chi connectivity index (χ1) is 16.3. The average Bonchev–Trinajstić information content (AvgIpc) is 2.85. The van der Waals surface area contributed by atoms with Crippen molar-refractivity contribution < 1.29 is 9.59 Å². The Kier molecular flexibility index (Phi) is 7.73. The van der Waals surface area contributed by atoms with E-state index in [4.69, 9.17) is 9.97 Å². The van der Waals surface area contributed by atoms with Crippen LogP contribution in [0.3, 0.4) is 0 Å². The van der Waals surface area contributed by atoms with Gasteiger partial charge in [-0.2, -0.15) is 0 Å². The lowest BCUT2D eigenvalue weighted by Crippen LogP contribution is -2.50. The predicted molar refractivity (Wildman–Crippen MR) is 135 cm³/mol. The van der Waals surface area contributed by atoms with Crippen molar-refractivity contribution in [1.82, 2.24) is 24.7 Å². The maximum atomic E-state index is 12.8. The van der Waals surface area contributed by atoms with Gasteiger partial charge in [0.05, 0.1) is 0 Å². The lowest BCUT2D eigenvalue weighted by Gasteiger charge is -2.34. The number of anilines is 1. The van der Waals surface area contributed by atoms with Gasteiger partial charge in [-0.1, -0.05) is 23.9 Å².